The van der Waals surface area contributed by atoms with E-state index in [-0.39, 0.29) is 18.1 Å². The normalized spacial score (nSPS) is 26.6. The fourth-order valence-corrected chi connectivity index (χ4v) is 2.64. The fourth-order valence-electron chi connectivity index (χ4n) is 2.51. The summed E-state index contributed by atoms with van der Waals surface area (Å²) >= 11 is 5.45. The summed E-state index contributed by atoms with van der Waals surface area (Å²) in [6.07, 6.45) is -2.91. The van der Waals surface area contributed by atoms with Gasteiger partial charge in [0.25, 0.3) is 5.56 Å². The van der Waals surface area contributed by atoms with Crippen LogP contribution in [-0.4, -0.2) is 56.7 Å². The maximum atomic E-state index is 12.0. The Balaban J connectivity index is 2.17. The number of ether oxygens (including phenoxy) is 2. The molecule has 5 N–H and O–H groups in total. The van der Waals surface area contributed by atoms with Crippen molar-refractivity contribution in [2.45, 2.75) is 44.4 Å². The van der Waals surface area contributed by atoms with Crippen LogP contribution in [0.5, 0.6) is 0 Å². The number of aliphatic hydroxyl groups is 2. The lowest BCUT2D eigenvalue weighted by atomic mass is 10.1. The van der Waals surface area contributed by atoms with E-state index in [0.29, 0.717) is 0 Å². The minimum atomic E-state index is -1.50. The summed E-state index contributed by atoms with van der Waals surface area (Å²) in [5.74, 6) is -0.812. The number of aromatic amines is 1. The van der Waals surface area contributed by atoms with Crippen molar-refractivity contribution in [3.8, 4) is 0 Å². The summed E-state index contributed by atoms with van der Waals surface area (Å²) < 4.78 is 11.4. The van der Waals surface area contributed by atoms with Crippen molar-refractivity contribution in [1.29, 1.82) is 0 Å². The second-order valence-corrected chi connectivity index (χ2v) is 6.74. The van der Waals surface area contributed by atoms with Crippen LogP contribution >= 0.6 is 11.6 Å². The van der Waals surface area contributed by atoms with Crippen molar-refractivity contribution in [3.63, 3.8) is 0 Å². The Morgan fingerprint density at radius 2 is 2.11 bits per heavy atom. The molecule has 0 saturated carbocycles. The van der Waals surface area contributed by atoms with Gasteiger partial charge in [-0.1, -0.05) is 25.4 Å². The molecule has 10 nitrogen and oxygen atoms in total. The van der Waals surface area contributed by atoms with Crippen LogP contribution in [0.4, 0.5) is 0 Å². The first kappa shape index (κ1) is 21.3. The lowest BCUT2D eigenvalue weighted by Gasteiger charge is -2.18. The molecule has 1 aliphatic rings. The lowest BCUT2D eigenvalue weighted by Crippen LogP contribution is -2.40. The number of esters is 1. The van der Waals surface area contributed by atoms with Crippen LogP contribution in [-0.2, 0) is 14.3 Å². The van der Waals surface area contributed by atoms with Crippen molar-refractivity contribution >= 4 is 23.6 Å². The molecule has 1 saturated heterocycles. The van der Waals surface area contributed by atoms with Gasteiger partial charge in [0.1, 0.15) is 31.0 Å². The van der Waals surface area contributed by atoms with Crippen LogP contribution in [0, 0.1) is 5.92 Å². The van der Waals surface area contributed by atoms with Crippen LogP contribution < -0.4 is 17.0 Å². The number of nitrogens with one attached hydrogen (secondary N) is 1. The van der Waals surface area contributed by atoms with Gasteiger partial charge >= 0.3 is 11.7 Å². The number of nitrogens with zero attached hydrogens (tertiary/aromatic N) is 1. The highest BCUT2D eigenvalue weighted by molar-refractivity contribution is 6.27. The molecule has 1 aromatic heterocycles. The van der Waals surface area contributed by atoms with Crippen molar-refractivity contribution in [3.05, 3.63) is 38.1 Å². The molecule has 5 unspecified atom stereocenters. The number of aromatic nitrogens is 2. The zero-order chi connectivity index (χ0) is 20.3. The van der Waals surface area contributed by atoms with Gasteiger partial charge in [-0.25, -0.2) is 4.79 Å². The number of rotatable bonds is 6. The fraction of sp³-hybridized carbons (Fsp3) is 0.562. The zero-order valence-corrected chi connectivity index (χ0v) is 15.5. The standard InChI is InChI=1S/C16H22ClN3O7/c1-7(2)10(18)15(24)26-6-9-11(21)12(22)14(27-9)20-5-8(3-4-17)13(23)19-16(20)25/h3-5,7,9-12,14,21-22H,6,18H2,1-2H3,(H,19,23,25)/b4-3+. The van der Waals surface area contributed by atoms with E-state index in [2.05, 4.69) is 4.98 Å². The van der Waals surface area contributed by atoms with Crippen LogP contribution in [0.25, 0.3) is 6.08 Å². The first-order valence-electron chi connectivity index (χ1n) is 8.23. The molecule has 1 fully saturated rings. The van der Waals surface area contributed by atoms with Gasteiger partial charge in [0, 0.05) is 11.7 Å². The molecule has 0 amide bonds. The third-order valence-electron chi connectivity index (χ3n) is 4.23. The molecule has 150 valence electrons. The van der Waals surface area contributed by atoms with Gasteiger partial charge in [-0.05, 0) is 12.0 Å². The summed E-state index contributed by atoms with van der Waals surface area (Å²) in [5.41, 5.74) is 5.30. The predicted molar refractivity (Wildman–Crippen MR) is 95.9 cm³/mol. The minimum Gasteiger partial charge on any atom is -0.462 e. The van der Waals surface area contributed by atoms with Crippen molar-refractivity contribution in [2.24, 2.45) is 11.7 Å². The summed E-state index contributed by atoms with van der Waals surface area (Å²) in [6.45, 7) is 3.14. The monoisotopic (exact) mass is 403 g/mol. The van der Waals surface area contributed by atoms with E-state index in [1.807, 2.05) is 0 Å². The largest absolute Gasteiger partial charge is 0.462 e. The van der Waals surface area contributed by atoms with E-state index in [1.54, 1.807) is 13.8 Å². The van der Waals surface area contributed by atoms with Crippen LogP contribution in [0.2, 0.25) is 0 Å². The molecule has 2 rings (SSSR count). The van der Waals surface area contributed by atoms with E-state index >= 15 is 0 Å². The van der Waals surface area contributed by atoms with Crippen LogP contribution in [0.15, 0.2) is 21.3 Å². The van der Waals surface area contributed by atoms with Crippen molar-refractivity contribution < 1.29 is 24.5 Å². The Morgan fingerprint density at radius 3 is 2.70 bits per heavy atom. The number of halogens is 1. The third-order valence-corrected chi connectivity index (χ3v) is 4.36. The smallest absolute Gasteiger partial charge is 0.330 e. The summed E-state index contributed by atoms with van der Waals surface area (Å²) in [7, 11) is 0. The van der Waals surface area contributed by atoms with Gasteiger partial charge in [-0.2, -0.15) is 0 Å². The number of nitrogens with two attached hydrogens (primary N) is 1. The quantitative estimate of drug-likeness (QED) is 0.435. The molecule has 11 heteroatoms. The molecule has 1 aliphatic heterocycles. The van der Waals surface area contributed by atoms with E-state index in [1.165, 1.54) is 6.08 Å². The molecular formula is C16H22ClN3O7. The second-order valence-electron chi connectivity index (χ2n) is 6.49. The highest BCUT2D eigenvalue weighted by Crippen LogP contribution is 2.28. The molecule has 1 aromatic rings. The van der Waals surface area contributed by atoms with E-state index in [4.69, 9.17) is 26.8 Å². The van der Waals surface area contributed by atoms with Crippen molar-refractivity contribution in [1.82, 2.24) is 9.55 Å². The molecule has 0 bridgehead atoms. The highest BCUT2D eigenvalue weighted by Gasteiger charge is 2.45. The topological polar surface area (TPSA) is 157 Å². The number of carbonyl (C=O) groups excluding carboxylic acids is 1. The maximum Gasteiger partial charge on any atom is 0.330 e. The van der Waals surface area contributed by atoms with Gasteiger partial charge in [0.15, 0.2) is 6.23 Å². The third kappa shape index (κ3) is 4.66. The summed E-state index contributed by atoms with van der Waals surface area (Å²) in [6, 6.07) is -0.837. The maximum absolute atomic E-state index is 12.0. The molecule has 0 aromatic carbocycles. The van der Waals surface area contributed by atoms with Crippen molar-refractivity contribution in [2.75, 3.05) is 6.61 Å². The Kier molecular flexibility index (Phi) is 6.95. The predicted octanol–water partition coefficient (Wildman–Crippen LogP) is -1.11. The zero-order valence-electron chi connectivity index (χ0n) is 14.7. The number of hydrogen-bond acceptors (Lipinski definition) is 8. The Labute approximate surface area is 159 Å². The van der Waals surface area contributed by atoms with Gasteiger partial charge < -0.3 is 25.4 Å². The SMILES string of the molecule is CC(C)C(N)C(=O)OCC1OC(n2cc(/C=C/Cl)c(=O)[nH]c2=O)C(O)C1O. The van der Waals surface area contributed by atoms with Crippen LogP contribution in [0.1, 0.15) is 25.6 Å². The summed E-state index contributed by atoms with van der Waals surface area (Å²) in [5, 5.41) is 20.4. The molecule has 0 aliphatic carbocycles. The first-order chi connectivity index (χ1) is 12.7. The Hall–Kier alpha value is -1.98. The van der Waals surface area contributed by atoms with Gasteiger partial charge in [-0.15, -0.1) is 0 Å². The minimum absolute atomic E-state index is 0.0488. The number of aliphatic hydroxyl groups excluding tert-OH is 2. The Bertz CT molecular complexity index is 819. The van der Waals surface area contributed by atoms with E-state index in [9.17, 15) is 24.6 Å². The van der Waals surface area contributed by atoms with Gasteiger partial charge in [-0.3, -0.25) is 19.1 Å². The van der Waals surface area contributed by atoms with E-state index < -0.39 is 47.8 Å². The number of hydrogen-bond donors (Lipinski definition) is 4. The van der Waals surface area contributed by atoms with Gasteiger partial charge in [0.2, 0.25) is 0 Å². The second kappa shape index (κ2) is 8.81. The molecular weight excluding hydrogens is 382 g/mol. The average Bonchev–Trinajstić information content (AvgIpc) is 2.89. The number of carbonyl (C=O) groups is 1. The Morgan fingerprint density at radius 1 is 1.44 bits per heavy atom. The summed E-state index contributed by atoms with van der Waals surface area (Å²) in [4.78, 5) is 37.6. The number of H-pyrrole nitrogens is 1. The average molecular weight is 404 g/mol. The first-order valence-corrected chi connectivity index (χ1v) is 8.67. The van der Waals surface area contributed by atoms with E-state index in [0.717, 1.165) is 16.3 Å². The molecule has 2 heterocycles. The van der Waals surface area contributed by atoms with Crippen LogP contribution in [0.3, 0.4) is 0 Å². The highest BCUT2D eigenvalue weighted by atomic mass is 35.5. The molecule has 0 spiro atoms. The molecule has 27 heavy (non-hydrogen) atoms. The van der Waals surface area contributed by atoms with Gasteiger partial charge in [0.05, 0.1) is 5.56 Å². The lowest BCUT2D eigenvalue weighted by molar-refractivity contribution is -0.152. The molecule has 5 atom stereocenters. The molecule has 0 radical (unpaired) electrons.